The summed E-state index contributed by atoms with van der Waals surface area (Å²) in [5.41, 5.74) is 0. The zero-order valence-electron chi connectivity index (χ0n) is 5.99. The first-order valence-electron chi connectivity index (χ1n) is 3.31. The van der Waals surface area contributed by atoms with E-state index in [2.05, 4.69) is 0 Å². The van der Waals surface area contributed by atoms with E-state index in [-0.39, 0.29) is 10.8 Å². The number of hydrogen-bond acceptors (Lipinski definition) is 3. The Morgan fingerprint density at radius 2 is 2.09 bits per heavy atom. The number of ketones is 1. The zero-order chi connectivity index (χ0) is 8.59. The van der Waals surface area contributed by atoms with Crippen LogP contribution in [-0.2, 0) is 4.79 Å². The molecule has 3 nitrogen and oxygen atoms in total. The second-order valence-electron chi connectivity index (χ2n) is 2.66. The average molecular weight is 177 g/mol. The summed E-state index contributed by atoms with van der Waals surface area (Å²) in [6, 6.07) is 0. The summed E-state index contributed by atoms with van der Waals surface area (Å²) in [5.74, 6) is -0.805. The van der Waals surface area contributed by atoms with E-state index >= 15 is 0 Å². The third-order valence-corrected chi connectivity index (χ3v) is 2.18. The third kappa shape index (κ3) is 1.45. The van der Waals surface area contributed by atoms with E-state index in [1.807, 2.05) is 0 Å². The molecule has 4 heteroatoms. The van der Waals surface area contributed by atoms with E-state index in [0.29, 0.717) is 0 Å². The fraction of sp³-hybridized carbons (Fsp3) is 0.571. The highest BCUT2D eigenvalue weighted by Crippen LogP contribution is 2.23. The number of carbonyl (C=O) groups excluding carboxylic acids is 1. The number of aliphatic hydroxyl groups is 2. The molecule has 0 unspecified atom stereocenters. The van der Waals surface area contributed by atoms with E-state index in [9.17, 15) is 9.90 Å². The molecule has 2 N–H and O–H groups in total. The van der Waals surface area contributed by atoms with Crippen LogP contribution in [0.3, 0.4) is 0 Å². The van der Waals surface area contributed by atoms with Gasteiger partial charge in [0.1, 0.15) is 6.10 Å². The van der Waals surface area contributed by atoms with Gasteiger partial charge in [0.2, 0.25) is 0 Å². The molecule has 1 aliphatic rings. The van der Waals surface area contributed by atoms with E-state index < -0.39 is 18.1 Å². The SMILES string of the molecule is C[C@H]1C(=O)C=C(Cl)[C@H](O)[C@@H]1O. The van der Waals surface area contributed by atoms with E-state index in [0.717, 1.165) is 6.08 Å². The van der Waals surface area contributed by atoms with E-state index in [1.54, 1.807) is 6.92 Å². The molecule has 0 saturated heterocycles. The summed E-state index contributed by atoms with van der Waals surface area (Å²) < 4.78 is 0. The van der Waals surface area contributed by atoms with Gasteiger partial charge in [0.25, 0.3) is 0 Å². The average Bonchev–Trinajstić information content (AvgIpc) is 1.97. The molecule has 0 aromatic carbocycles. The van der Waals surface area contributed by atoms with Crippen LogP contribution in [0.15, 0.2) is 11.1 Å². The summed E-state index contributed by atoms with van der Waals surface area (Å²) in [7, 11) is 0. The van der Waals surface area contributed by atoms with Crippen LogP contribution < -0.4 is 0 Å². The Hall–Kier alpha value is -0.380. The van der Waals surface area contributed by atoms with Crippen molar-refractivity contribution < 1.29 is 15.0 Å². The lowest BCUT2D eigenvalue weighted by molar-refractivity contribution is -0.124. The highest BCUT2D eigenvalue weighted by Gasteiger charge is 2.33. The minimum atomic E-state index is -1.11. The van der Waals surface area contributed by atoms with Crippen molar-refractivity contribution in [3.05, 3.63) is 11.1 Å². The molecular weight excluding hydrogens is 168 g/mol. The van der Waals surface area contributed by atoms with Crippen molar-refractivity contribution in [2.75, 3.05) is 0 Å². The van der Waals surface area contributed by atoms with Crippen LogP contribution in [0.4, 0.5) is 0 Å². The standard InChI is InChI=1S/C7H9ClO3/c1-3-5(9)2-4(8)7(11)6(3)10/h2-3,6-7,10-11H,1H3/t3-,6+,7-/m0/s1. The lowest BCUT2D eigenvalue weighted by Crippen LogP contribution is -2.39. The first-order chi connectivity index (χ1) is 5.04. The molecular formula is C7H9ClO3. The normalized spacial score (nSPS) is 38.7. The summed E-state index contributed by atoms with van der Waals surface area (Å²) >= 11 is 5.45. The summed E-state index contributed by atoms with van der Waals surface area (Å²) in [4.78, 5) is 10.9. The van der Waals surface area contributed by atoms with Gasteiger partial charge in [-0.2, -0.15) is 0 Å². The van der Waals surface area contributed by atoms with Gasteiger partial charge in [0.15, 0.2) is 5.78 Å². The molecule has 0 heterocycles. The Kier molecular flexibility index (Phi) is 2.32. The number of carbonyl (C=O) groups is 1. The highest BCUT2D eigenvalue weighted by atomic mass is 35.5. The molecule has 0 spiro atoms. The lowest BCUT2D eigenvalue weighted by atomic mass is 9.90. The highest BCUT2D eigenvalue weighted by molar-refractivity contribution is 6.32. The molecule has 1 rings (SSSR count). The first-order valence-corrected chi connectivity index (χ1v) is 3.69. The maximum atomic E-state index is 10.9. The lowest BCUT2D eigenvalue weighted by Gasteiger charge is -2.25. The topological polar surface area (TPSA) is 57.5 Å². The predicted octanol–water partition coefficient (Wildman–Crippen LogP) is 0.0497. The molecule has 0 fully saturated rings. The molecule has 0 aliphatic heterocycles. The second kappa shape index (κ2) is 2.93. The Labute approximate surface area is 69.3 Å². The van der Waals surface area contributed by atoms with Crippen LogP contribution >= 0.6 is 11.6 Å². The maximum Gasteiger partial charge on any atom is 0.162 e. The Balaban J connectivity index is 2.92. The molecule has 3 atom stereocenters. The van der Waals surface area contributed by atoms with Crippen molar-refractivity contribution in [1.82, 2.24) is 0 Å². The second-order valence-corrected chi connectivity index (χ2v) is 3.09. The van der Waals surface area contributed by atoms with Crippen LogP contribution in [0.1, 0.15) is 6.92 Å². The van der Waals surface area contributed by atoms with E-state index in [4.69, 9.17) is 16.7 Å². The Morgan fingerprint density at radius 1 is 1.55 bits per heavy atom. The van der Waals surface area contributed by atoms with Crippen LogP contribution in [-0.4, -0.2) is 28.2 Å². The summed E-state index contributed by atoms with van der Waals surface area (Å²) in [5, 5.41) is 18.3. The summed E-state index contributed by atoms with van der Waals surface area (Å²) in [6.07, 6.45) is -1.02. The molecule has 0 bridgehead atoms. The van der Waals surface area contributed by atoms with Crippen LogP contribution in [0.5, 0.6) is 0 Å². The number of halogens is 1. The third-order valence-electron chi connectivity index (χ3n) is 1.85. The van der Waals surface area contributed by atoms with Crippen LogP contribution in [0, 0.1) is 5.92 Å². The van der Waals surface area contributed by atoms with Crippen molar-refractivity contribution in [3.63, 3.8) is 0 Å². The van der Waals surface area contributed by atoms with Gasteiger partial charge in [-0.25, -0.2) is 0 Å². The smallest absolute Gasteiger partial charge is 0.162 e. The predicted molar refractivity (Wildman–Crippen MR) is 40.1 cm³/mol. The molecule has 11 heavy (non-hydrogen) atoms. The van der Waals surface area contributed by atoms with Gasteiger partial charge >= 0.3 is 0 Å². The number of rotatable bonds is 0. The number of allylic oxidation sites excluding steroid dienone is 1. The Morgan fingerprint density at radius 3 is 2.64 bits per heavy atom. The molecule has 0 saturated carbocycles. The minimum Gasteiger partial charge on any atom is -0.389 e. The van der Waals surface area contributed by atoms with Crippen molar-refractivity contribution >= 4 is 17.4 Å². The molecule has 0 aromatic rings. The first kappa shape index (κ1) is 8.71. The van der Waals surface area contributed by atoms with Crippen LogP contribution in [0.25, 0.3) is 0 Å². The Bertz CT molecular complexity index is 212. The van der Waals surface area contributed by atoms with Gasteiger partial charge < -0.3 is 10.2 Å². The maximum absolute atomic E-state index is 10.9. The molecule has 0 amide bonds. The van der Waals surface area contributed by atoms with Gasteiger partial charge in [-0.1, -0.05) is 18.5 Å². The summed E-state index contributed by atoms with van der Waals surface area (Å²) in [6.45, 7) is 1.55. The number of hydrogen-bond donors (Lipinski definition) is 2. The van der Waals surface area contributed by atoms with Gasteiger partial charge in [0, 0.05) is 5.92 Å². The van der Waals surface area contributed by atoms with Gasteiger partial charge in [-0.15, -0.1) is 0 Å². The minimum absolute atomic E-state index is 0.0144. The van der Waals surface area contributed by atoms with Crippen molar-refractivity contribution in [1.29, 1.82) is 0 Å². The zero-order valence-corrected chi connectivity index (χ0v) is 6.75. The quantitative estimate of drug-likeness (QED) is 0.549. The molecule has 0 aromatic heterocycles. The van der Waals surface area contributed by atoms with Crippen LogP contribution in [0.2, 0.25) is 0 Å². The number of aliphatic hydroxyl groups excluding tert-OH is 2. The fourth-order valence-corrected chi connectivity index (χ4v) is 1.19. The molecule has 1 aliphatic carbocycles. The largest absolute Gasteiger partial charge is 0.389 e. The van der Waals surface area contributed by atoms with Crippen molar-refractivity contribution in [3.8, 4) is 0 Å². The van der Waals surface area contributed by atoms with Gasteiger partial charge in [-0.05, 0) is 6.08 Å². The van der Waals surface area contributed by atoms with Gasteiger partial charge in [-0.3, -0.25) is 4.79 Å². The van der Waals surface area contributed by atoms with Crippen molar-refractivity contribution in [2.24, 2.45) is 5.92 Å². The van der Waals surface area contributed by atoms with Gasteiger partial charge in [0.05, 0.1) is 11.1 Å². The van der Waals surface area contributed by atoms with E-state index in [1.165, 1.54) is 0 Å². The fourth-order valence-electron chi connectivity index (χ4n) is 0.958. The molecule has 0 radical (unpaired) electrons. The van der Waals surface area contributed by atoms with Crippen molar-refractivity contribution in [2.45, 2.75) is 19.1 Å². The monoisotopic (exact) mass is 176 g/mol. The molecule has 62 valence electrons.